The molecule has 0 saturated carbocycles. The van der Waals surface area contributed by atoms with Gasteiger partial charge < -0.3 is 14.2 Å². The minimum absolute atomic E-state index is 0.147. The van der Waals surface area contributed by atoms with E-state index in [-0.39, 0.29) is 12.2 Å². The number of rotatable bonds is 5. The summed E-state index contributed by atoms with van der Waals surface area (Å²) in [5.41, 5.74) is 8.68. The molecule has 8 nitrogen and oxygen atoms in total. The zero-order valence-corrected chi connectivity index (χ0v) is 28.1. The molecular weight excluding hydrogens is 656 g/mol. The second kappa shape index (κ2) is 14.0. The maximum atomic E-state index is 8.49. The molecule has 1 aromatic heterocycles. The maximum absolute atomic E-state index is 8.49. The van der Waals surface area contributed by atoms with Crippen LogP contribution < -0.4 is 32.8 Å². The van der Waals surface area contributed by atoms with Gasteiger partial charge in [-0.25, -0.2) is 23.1 Å². The van der Waals surface area contributed by atoms with Gasteiger partial charge in [0.15, 0.2) is 0 Å². The van der Waals surface area contributed by atoms with Gasteiger partial charge in [-0.2, -0.15) is 0 Å². The first-order valence-corrected chi connectivity index (χ1v) is 17.4. The van der Waals surface area contributed by atoms with Crippen molar-refractivity contribution in [2.45, 2.75) is 38.9 Å². The average Bonchev–Trinajstić information content (AvgIpc) is 3.68. The first-order chi connectivity index (χ1) is 24.1. The van der Waals surface area contributed by atoms with E-state index in [2.05, 4.69) is 80.6 Å². The number of benzene rings is 4. The third kappa shape index (κ3) is 7.35. The highest BCUT2D eigenvalue weighted by Gasteiger charge is 2.30. The second-order valence-electron chi connectivity index (χ2n) is 12.2. The molecule has 0 fully saturated rings. The van der Waals surface area contributed by atoms with Gasteiger partial charge in [0.2, 0.25) is 0 Å². The van der Waals surface area contributed by atoms with Crippen molar-refractivity contribution in [3.05, 3.63) is 149 Å². The Balaban J connectivity index is 0.000000734. The fourth-order valence-corrected chi connectivity index (χ4v) is 6.59. The Morgan fingerprint density at radius 2 is 1.30 bits per heavy atom. The summed E-state index contributed by atoms with van der Waals surface area (Å²) in [5, 5.41) is 1.11. The maximum Gasteiger partial charge on any atom is 0.361 e. The Labute approximate surface area is 291 Å². The van der Waals surface area contributed by atoms with E-state index in [0.717, 1.165) is 80.4 Å². The van der Waals surface area contributed by atoms with Crippen molar-refractivity contribution in [3.63, 3.8) is 0 Å². The van der Waals surface area contributed by atoms with Crippen LogP contribution in [0.1, 0.15) is 41.7 Å². The molecule has 0 N–H and O–H groups in total. The predicted octanol–water partition coefficient (Wildman–Crippen LogP) is 5.36. The normalized spacial score (nSPS) is 18.5. The molecular formula is C41H33ClO8. The zero-order valence-electron chi connectivity index (χ0n) is 27.3. The number of hydrogen-bond donors (Lipinski definition) is 0. The molecule has 4 aromatic carbocycles. The molecule has 3 aliphatic heterocycles. The molecule has 0 radical (unpaired) electrons. The SMILES string of the molecule is CC1Cc2c(ccc3c2/C(=C/C=C/C=C/c2cc(-c4ccccc4)[o+]c4ccc5c(c24)CC(C)O5)C=C(c2ccccc2)O3)O1.[O-][Cl+3]([O-])([O-])[O-]. The number of halogens is 1. The van der Waals surface area contributed by atoms with Crippen LogP contribution >= 0.6 is 0 Å². The van der Waals surface area contributed by atoms with Gasteiger partial charge in [0, 0.05) is 46.7 Å². The van der Waals surface area contributed by atoms with Crippen LogP contribution in [0, 0.1) is 10.2 Å². The fourth-order valence-electron chi connectivity index (χ4n) is 6.59. The summed E-state index contributed by atoms with van der Waals surface area (Å²) in [6.45, 7) is 4.22. The van der Waals surface area contributed by atoms with Gasteiger partial charge in [0.1, 0.15) is 35.2 Å². The molecule has 0 aliphatic carbocycles. The van der Waals surface area contributed by atoms with E-state index >= 15 is 0 Å². The number of allylic oxidation sites excluding steroid dienone is 6. The van der Waals surface area contributed by atoms with Gasteiger partial charge in [-0.1, -0.05) is 78.9 Å². The van der Waals surface area contributed by atoms with Gasteiger partial charge in [-0.15, -0.1) is 10.2 Å². The van der Waals surface area contributed by atoms with Crippen LogP contribution in [0.3, 0.4) is 0 Å². The minimum Gasteiger partial charge on any atom is -0.490 e. The van der Waals surface area contributed by atoms with Crippen LogP contribution in [-0.4, -0.2) is 12.2 Å². The van der Waals surface area contributed by atoms with Crippen LogP contribution in [-0.2, 0) is 12.8 Å². The van der Waals surface area contributed by atoms with Gasteiger partial charge in [0.25, 0.3) is 0 Å². The lowest BCUT2D eigenvalue weighted by Gasteiger charge is -2.22. The predicted molar refractivity (Wildman–Crippen MR) is 181 cm³/mol. The lowest BCUT2D eigenvalue weighted by Crippen LogP contribution is -2.68. The topological polar surface area (TPSA) is 131 Å². The molecule has 8 rings (SSSR count). The highest BCUT2D eigenvalue weighted by atomic mass is 35.7. The van der Waals surface area contributed by atoms with Crippen molar-refractivity contribution in [2.24, 2.45) is 0 Å². The highest BCUT2D eigenvalue weighted by Crippen LogP contribution is 2.45. The van der Waals surface area contributed by atoms with Crippen molar-refractivity contribution in [2.75, 3.05) is 0 Å². The quantitative estimate of drug-likeness (QED) is 0.178. The summed E-state index contributed by atoms with van der Waals surface area (Å²) in [6.07, 6.45) is 14.8. The van der Waals surface area contributed by atoms with Gasteiger partial charge in [-0.3, -0.25) is 0 Å². The molecule has 50 heavy (non-hydrogen) atoms. The highest BCUT2D eigenvalue weighted by molar-refractivity contribution is 5.94. The summed E-state index contributed by atoms with van der Waals surface area (Å²) in [6, 6.07) is 30.7. The number of fused-ring (bicyclic) bond motifs is 6. The van der Waals surface area contributed by atoms with Crippen LogP contribution in [0.5, 0.6) is 17.2 Å². The van der Waals surface area contributed by atoms with E-state index in [1.54, 1.807) is 0 Å². The Morgan fingerprint density at radius 1 is 0.700 bits per heavy atom. The molecule has 0 saturated heterocycles. The van der Waals surface area contributed by atoms with Gasteiger partial charge >= 0.3 is 11.3 Å². The Morgan fingerprint density at radius 3 is 2.00 bits per heavy atom. The van der Waals surface area contributed by atoms with Crippen molar-refractivity contribution >= 4 is 28.4 Å². The molecule has 5 aromatic rings. The summed E-state index contributed by atoms with van der Waals surface area (Å²) in [4.78, 5) is 0. The molecule has 0 spiro atoms. The van der Waals surface area contributed by atoms with Crippen molar-refractivity contribution < 1.29 is 47.5 Å². The van der Waals surface area contributed by atoms with Gasteiger partial charge in [0.05, 0.1) is 17.0 Å². The third-order valence-corrected chi connectivity index (χ3v) is 8.58. The zero-order chi connectivity index (χ0) is 34.8. The van der Waals surface area contributed by atoms with E-state index in [1.807, 2.05) is 60.7 Å². The van der Waals surface area contributed by atoms with Crippen molar-refractivity contribution in [3.8, 4) is 28.6 Å². The number of hydrogen-bond acceptors (Lipinski definition) is 7. The number of ether oxygens (including phenoxy) is 3. The van der Waals surface area contributed by atoms with Crippen LogP contribution in [0.25, 0.3) is 39.7 Å². The average molecular weight is 689 g/mol. The van der Waals surface area contributed by atoms with Crippen LogP contribution in [0.4, 0.5) is 0 Å². The third-order valence-electron chi connectivity index (χ3n) is 8.58. The van der Waals surface area contributed by atoms with E-state index in [1.165, 1.54) is 11.1 Å². The Kier molecular flexibility index (Phi) is 9.29. The Hall–Kier alpha value is -5.22. The molecule has 0 amide bonds. The summed E-state index contributed by atoms with van der Waals surface area (Å²) in [7, 11) is -4.94. The first kappa shape index (κ1) is 33.3. The molecule has 2 unspecified atom stereocenters. The smallest absolute Gasteiger partial charge is 0.361 e. The Bertz CT molecular complexity index is 2160. The van der Waals surface area contributed by atoms with Crippen molar-refractivity contribution in [1.29, 1.82) is 0 Å². The molecule has 9 heteroatoms. The summed E-state index contributed by atoms with van der Waals surface area (Å²) < 4.78 is 59.0. The molecule has 0 bridgehead atoms. The lowest BCUT2D eigenvalue weighted by molar-refractivity contribution is -2.00. The fraction of sp³-hybridized carbons (Fsp3) is 0.146. The molecule has 3 aliphatic rings. The van der Waals surface area contributed by atoms with E-state index < -0.39 is 10.2 Å². The molecule has 4 heterocycles. The summed E-state index contributed by atoms with van der Waals surface area (Å²) >= 11 is 0. The van der Waals surface area contributed by atoms with Gasteiger partial charge in [-0.05, 0) is 55.8 Å². The van der Waals surface area contributed by atoms with Crippen LogP contribution in [0.15, 0.2) is 126 Å². The first-order valence-electron chi connectivity index (χ1n) is 16.2. The van der Waals surface area contributed by atoms with E-state index in [4.69, 9.17) is 37.3 Å². The second-order valence-corrected chi connectivity index (χ2v) is 13.0. The lowest BCUT2D eigenvalue weighted by atomic mass is 9.92. The van der Waals surface area contributed by atoms with E-state index in [9.17, 15) is 0 Å². The standard InChI is InChI=1S/C41H33O4.ClHO4/c1-26-22-32-34(42-26)18-20-36-40(32)30(24-38(44-36)28-12-6-3-7-13-28)16-10-5-11-17-31-25-39(29-14-8-4-9-15-29)45-37-21-19-35-33(41(31)37)23-27(2)43-35;2-1(3,4)5/h3-21,24-27H,22-23H2,1-2H3;(H,2,3,4,5)/q+1;/p-1. The van der Waals surface area contributed by atoms with Crippen molar-refractivity contribution in [1.82, 2.24) is 0 Å². The largest absolute Gasteiger partial charge is 0.490 e. The molecule has 2 atom stereocenters. The minimum atomic E-state index is -4.94. The summed E-state index contributed by atoms with van der Waals surface area (Å²) in [5.74, 6) is 4.42. The molecule has 252 valence electrons. The monoisotopic (exact) mass is 688 g/mol. The van der Waals surface area contributed by atoms with E-state index in [0.29, 0.717) is 0 Å². The van der Waals surface area contributed by atoms with Crippen LogP contribution in [0.2, 0.25) is 0 Å².